The second-order valence-electron chi connectivity index (χ2n) is 5.61. The van der Waals surface area contributed by atoms with Crippen LogP contribution in [0.4, 0.5) is 5.82 Å². The van der Waals surface area contributed by atoms with Crippen LogP contribution >= 0.6 is 11.6 Å². The van der Waals surface area contributed by atoms with Crippen molar-refractivity contribution in [2.24, 2.45) is 0 Å². The molecule has 0 saturated heterocycles. The number of unbranched alkanes of at least 4 members (excludes halogenated alkanes) is 1. The highest BCUT2D eigenvalue weighted by atomic mass is 35.5. The Hall–Kier alpha value is -2.14. The molecule has 3 rings (SSSR count). The Morgan fingerprint density at radius 2 is 1.96 bits per heavy atom. The van der Waals surface area contributed by atoms with E-state index in [1.165, 1.54) is 6.33 Å². The van der Waals surface area contributed by atoms with E-state index in [0.717, 1.165) is 18.4 Å². The zero-order chi connectivity index (χ0) is 16.4. The lowest BCUT2D eigenvalue weighted by Gasteiger charge is -2.43. The van der Waals surface area contributed by atoms with Crippen LogP contribution in [0, 0.1) is 0 Å². The third-order valence-electron chi connectivity index (χ3n) is 4.10. The number of rotatable bonds is 4. The molecule has 2 heterocycles. The normalized spacial score (nSPS) is 17.3. The molecule has 1 atom stereocenters. The number of aromatic nitrogens is 2. The summed E-state index contributed by atoms with van der Waals surface area (Å²) in [6.45, 7) is 2.78. The number of nitrogens with zero attached hydrogens (tertiary/aromatic N) is 4. The van der Waals surface area contributed by atoms with Crippen molar-refractivity contribution in [3.05, 3.63) is 52.9 Å². The summed E-state index contributed by atoms with van der Waals surface area (Å²) in [6, 6.07) is 9.99. The highest BCUT2D eigenvalue weighted by molar-refractivity contribution is 6.33. The highest BCUT2D eigenvalue weighted by Gasteiger charge is 2.39. The van der Waals surface area contributed by atoms with Crippen LogP contribution < -0.4 is 4.90 Å². The summed E-state index contributed by atoms with van der Waals surface area (Å²) >= 11 is 6.17. The topological polar surface area (TPSA) is 49.3 Å². The predicted molar refractivity (Wildman–Crippen MR) is 90.6 cm³/mol. The van der Waals surface area contributed by atoms with Gasteiger partial charge in [-0.1, -0.05) is 55.3 Å². The Kier molecular flexibility index (Phi) is 4.48. The summed E-state index contributed by atoms with van der Waals surface area (Å²) in [6.07, 6.45) is 3.16. The van der Waals surface area contributed by atoms with Gasteiger partial charge in [-0.25, -0.2) is 9.97 Å². The van der Waals surface area contributed by atoms with Gasteiger partial charge in [0.2, 0.25) is 0 Å². The van der Waals surface area contributed by atoms with Crippen LogP contribution in [-0.4, -0.2) is 34.4 Å². The second-order valence-corrected chi connectivity index (χ2v) is 5.97. The number of anilines is 1. The van der Waals surface area contributed by atoms with E-state index in [0.29, 0.717) is 17.9 Å². The summed E-state index contributed by atoms with van der Waals surface area (Å²) in [4.78, 5) is 25.1. The molecule has 5 nitrogen and oxygen atoms in total. The number of hydrogen-bond acceptors (Lipinski definition) is 4. The molecule has 0 fully saturated rings. The van der Waals surface area contributed by atoms with E-state index in [1.807, 2.05) is 47.2 Å². The maximum absolute atomic E-state index is 13.0. The number of carbonyl (C=O) groups excluding carboxylic acids is 1. The van der Waals surface area contributed by atoms with Crippen LogP contribution in [0.3, 0.4) is 0 Å². The summed E-state index contributed by atoms with van der Waals surface area (Å²) in [5.74, 6) is 0.475. The van der Waals surface area contributed by atoms with Crippen molar-refractivity contribution in [3.63, 3.8) is 0 Å². The van der Waals surface area contributed by atoms with Crippen molar-refractivity contribution >= 4 is 23.3 Å². The average Bonchev–Trinajstić information content (AvgIpc) is 2.57. The number of amides is 1. The monoisotopic (exact) mass is 330 g/mol. The molecule has 0 N–H and O–H groups in total. The Labute approximate surface area is 140 Å². The second kappa shape index (κ2) is 6.54. The summed E-state index contributed by atoms with van der Waals surface area (Å²) < 4.78 is 0. The minimum atomic E-state index is -0.186. The van der Waals surface area contributed by atoms with Crippen molar-refractivity contribution in [1.82, 2.24) is 14.9 Å². The van der Waals surface area contributed by atoms with Gasteiger partial charge in [-0.05, 0) is 12.0 Å². The molecule has 0 bridgehead atoms. The van der Waals surface area contributed by atoms with E-state index >= 15 is 0 Å². The summed E-state index contributed by atoms with van der Waals surface area (Å²) in [7, 11) is 1.94. The number of benzene rings is 1. The van der Waals surface area contributed by atoms with Gasteiger partial charge in [0.05, 0.1) is 0 Å². The summed E-state index contributed by atoms with van der Waals surface area (Å²) in [5.41, 5.74) is 1.44. The quantitative estimate of drug-likeness (QED) is 0.805. The van der Waals surface area contributed by atoms with Gasteiger partial charge in [-0.2, -0.15) is 0 Å². The molecule has 1 amide bonds. The molecule has 1 aromatic carbocycles. The van der Waals surface area contributed by atoms with Crippen molar-refractivity contribution in [2.75, 3.05) is 18.5 Å². The standard InChI is InChI=1S/C17H19ClN4O/c1-3-4-10-22-16(12-8-6-5-7-9-12)21(2)15-13(17(22)23)14(18)19-11-20-15/h5-9,11,16H,3-4,10H2,1-2H3. The lowest BCUT2D eigenvalue weighted by Crippen LogP contribution is -2.48. The Bertz CT molecular complexity index is 707. The van der Waals surface area contributed by atoms with Gasteiger partial charge in [0.15, 0.2) is 0 Å². The molecule has 1 unspecified atom stereocenters. The van der Waals surface area contributed by atoms with Gasteiger partial charge >= 0.3 is 0 Å². The highest BCUT2D eigenvalue weighted by Crippen LogP contribution is 2.38. The van der Waals surface area contributed by atoms with Gasteiger partial charge < -0.3 is 9.80 Å². The molecule has 0 saturated carbocycles. The number of hydrogen-bond donors (Lipinski definition) is 0. The maximum atomic E-state index is 13.0. The van der Waals surface area contributed by atoms with Crippen molar-refractivity contribution < 1.29 is 4.79 Å². The first-order valence-corrected chi connectivity index (χ1v) is 8.12. The molecule has 2 aromatic rings. The Morgan fingerprint density at radius 3 is 2.65 bits per heavy atom. The third-order valence-corrected chi connectivity index (χ3v) is 4.39. The van der Waals surface area contributed by atoms with E-state index in [2.05, 4.69) is 16.9 Å². The molecule has 120 valence electrons. The Morgan fingerprint density at radius 1 is 1.22 bits per heavy atom. The zero-order valence-corrected chi connectivity index (χ0v) is 14.0. The molecule has 1 aliphatic rings. The van der Waals surface area contributed by atoms with E-state index in [4.69, 9.17) is 11.6 Å². The Balaban J connectivity index is 2.11. The van der Waals surface area contributed by atoms with Gasteiger partial charge in [0.1, 0.15) is 29.0 Å². The molecule has 0 radical (unpaired) electrons. The number of carbonyl (C=O) groups is 1. The minimum absolute atomic E-state index is 0.106. The van der Waals surface area contributed by atoms with Crippen LogP contribution in [-0.2, 0) is 0 Å². The molecular formula is C17H19ClN4O. The van der Waals surface area contributed by atoms with Crippen molar-refractivity contribution in [1.29, 1.82) is 0 Å². The lowest BCUT2D eigenvalue weighted by atomic mass is 10.0. The van der Waals surface area contributed by atoms with Gasteiger partial charge in [-0.15, -0.1) is 0 Å². The van der Waals surface area contributed by atoms with Crippen molar-refractivity contribution in [2.45, 2.75) is 25.9 Å². The third kappa shape index (κ3) is 2.77. The van der Waals surface area contributed by atoms with E-state index in [9.17, 15) is 4.79 Å². The largest absolute Gasteiger partial charge is 0.334 e. The predicted octanol–water partition coefficient (Wildman–Crippen LogP) is 3.52. The van der Waals surface area contributed by atoms with Crippen LogP contribution in [0.25, 0.3) is 0 Å². The van der Waals surface area contributed by atoms with Crippen LogP contribution in [0.1, 0.15) is 41.9 Å². The first kappa shape index (κ1) is 15.7. The van der Waals surface area contributed by atoms with Crippen LogP contribution in [0.5, 0.6) is 0 Å². The van der Waals surface area contributed by atoms with Crippen LogP contribution in [0.2, 0.25) is 5.15 Å². The fourth-order valence-electron chi connectivity index (χ4n) is 2.97. The number of fused-ring (bicyclic) bond motifs is 1. The SMILES string of the molecule is CCCCN1C(=O)c2c(Cl)ncnc2N(C)C1c1ccccc1. The van der Waals surface area contributed by atoms with Crippen LogP contribution in [0.15, 0.2) is 36.7 Å². The van der Waals surface area contributed by atoms with E-state index in [-0.39, 0.29) is 17.2 Å². The van der Waals surface area contributed by atoms with Crippen molar-refractivity contribution in [3.8, 4) is 0 Å². The van der Waals surface area contributed by atoms with Gasteiger partial charge in [0.25, 0.3) is 5.91 Å². The molecular weight excluding hydrogens is 312 g/mol. The molecule has 6 heteroatoms. The lowest BCUT2D eigenvalue weighted by molar-refractivity contribution is 0.0648. The fraction of sp³-hybridized carbons (Fsp3) is 0.353. The molecule has 0 aliphatic carbocycles. The molecule has 1 aliphatic heterocycles. The zero-order valence-electron chi connectivity index (χ0n) is 13.2. The molecule has 0 spiro atoms. The fourth-order valence-corrected chi connectivity index (χ4v) is 3.18. The maximum Gasteiger partial charge on any atom is 0.262 e. The molecule has 23 heavy (non-hydrogen) atoms. The minimum Gasteiger partial charge on any atom is -0.334 e. The average molecular weight is 331 g/mol. The first-order valence-electron chi connectivity index (χ1n) is 7.74. The summed E-state index contributed by atoms with van der Waals surface area (Å²) in [5, 5.41) is 0.208. The van der Waals surface area contributed by atoms with E-state index in [1.54, 1.807) is 0 Å². The first-order chi connectivity index (χ1) is 11.1. The smallest absolute Gasteiger partial charge is 0.262 e. The van der Waals surface area contributed by atoms with E-state index < -0.39 is 0 Å². The number of halogens is 1. The molecule has 1 aromatic heterocycles. The van der Waals surface area contributed by atoms with Gasteiger partial charge in [0, 0.05) is 13.6 Å². The van der Waals surface area contributed by atoms with Gasteiger partial charge in [-0.3, -0.25) is 4.79 Å².